The van der Waals surface area contributed by atoms with Gasteiger partial charge in [-0.3, -0.25) is 4.90 Å². The standard InChI is InChI=1S/C24H22ClNOS/c25-21-12-6-11-19-18-9-4-5-10-20(18)24(28-23(19)21)22-16-26(13-14-27-22)15-17-7-2-1-3-8-17/h1-12,22,24H,13-16H2/t22?,24-/m1/s1. The molecule has 3 aromatic rings. The van der Waals surface area contributed by atoms with Gasteiger partial charge in [-0.15, -0.1) is 11.8 Å². The summed E-state index contributed by atoms with van der Waals surface area (Å²) in [5, 5.41) is 1.08. The van der Waals surface area contributed by atoms with E-state index in [4.69, 9.17) is 16.3 Å². The monoisotopic (exact) mass is 407 g/mol. The minimum absolute atomic E-state index is 0.146. The predicted octanol–water partition coefficient (Wildman–Crippen LogP) is 6.05. The van der Waals surface area contributed by atoms with Gasteiger partial charge in [0.05, 0.1) is 23.0 Å². The van der Waals surface area contributed by atoms with E-state index in [9.17, 15) is 0 Å². The third kappa shape index (κ3) is 3.48. The van der Waals surface area contributed by atoms with Crippen LogP contribution in [0.4, 0.5) is 0 Å². The summed E-state index contributed by atoms with van der Waals surface area (Å²) in [5.74, 6) is 0. The van der Waals surface area contributed by atoms with E-state index >= 15 is 0 Å². The molecule has 0 aliphatic carbocycles. The molecule has 2 aliphatic rings. The molecule has 0 bridgehead atoms. The molecule has 0 saturated carbocycles. The van der Waals surface area contributed by atoms with Gasteiger partial charge in [0, 0.05) is 24.5 Å². The smallest absolute Gasteiger partial charge is 0.0865 e. The first-order chi connectivity index (χ1) is 13.8. The van der Waals surface area contributed by atoms with E-state index in [1.54, 1.807) is 0 Å². The molecule has 0 N–H and O–H groups in total. The number of rotatable bonds is 3. The van der Waals surface area contributed by atoms with E-state index in [2.05, 4.69) is 65.6 Å². The highest BCUT2D eigenvalue weighted by molar-refractivity contribution is 8.00. The summed E-state index contributed by atoms with van der Waals surface area (Å²) >= 11 is 8.43. The molecule has 3 aromatic carbocycles. The molecule has 4 heteroatoms. The Morgan fingerprint density at radius 1 is 0.929 bits per heavy atom. The maximum absolute atomic E-state index is 6.58. The van der Waals surface area contributed by atoms with E-state index in [0.717, 1.165) is 31.3 Å². The van der Waals surface area contributed by atoms with Gasteiger partial charge in [-0.05, 0) is 28.3 Å². The van der Waals surface area contributed by atoms with E-state index in [1.165, 1.54) is 27.1 Å². The summed E-state index contributed by atoms with van der Waals surface area (Å²) in [6.45, 7) is 3.64. The molecule has 1 unspecified atom stereocenters. The zero-order valence-electron chi connectivity index (χ0n) is 15.6. The number of hydrogen-bond acceptors (Lipinski definition) is 3. The first-order valence-corrected chi connectivity index (χ1v) is 11.0. The molecule has 142 valence electrons. The van der Waals surface area contributed by atoms with Crippen LogP contribution in [0.25, 0.3) is 11.1 Å². The van der Waals surface area contributed by atoms with Crippen molar-refractivity contribution in [1.82, 2.24) is 4.90 Å². The lowest BCUT2D eigenvalue weighted by Gasteiger charge is -2.39. The maximum atomic E-state index is 6.58. The number of morpholine rings is 1. The van der Waals surface area contributed by atoms with Crippen molar-refractivity contribution in [3.05, 3.63) is 88.9 Å². The van der Waals surface area contributed by atoms with E-state index < -0.39 is 0 Å². The first-order valence-electron chi connectivity index (χ1n) is 9.72. The molecular formula is C24H22ClNOS. The predicted molar refractivity (Wildman–Crippen MR) is 117 cm³/mol. The molecule has 28 heavy (non-hydrogen) atoms. The minimum Gasteiger partial charge on any atom is -0.374 e. The van der Waals surface area contributed by atoms with Crippen LogP contribution in [-0.2, 0) is 11.3 Å². The number of fused-ring (bicyclic) bond motifs is 3. The summed E-state index contributed by atoms with van der Waals surface area (Å²) in [7, 11) is 0. The van der Waals surface area contributed by atoms with Crippen LogP contribution in [0, 0.1) is 0 Å². The molecule has 2 heterocycles. The van der Waals surface area contributed by atoms with E-state index in [-0.39, 0.29) is 11.4 Å². The van der Waals surface area contributed by atoms with Crippen LogP contribution in [-0.4, -0.2) is 30.7 Å². The second-order valence-corrected chi connectivity index (χ2v) is 8.93. The molecule has 0 radical (unpaired) electrons. The van der Waals surface area contributed by atoms with Crippen LogP contribution in [0.5, 0.6) is 0 Å². The van der Waals surface area contributed by atoms with E-state index in [1.807, 2.05) is 23.9 Å². The van der Waals surface area contributed by atoms with Gasteiger partial charge < -0.3 is 4.74 Å². The van der Waals surface area contributed by atoms with Crippen molar-refractivity contribution in [1.29, 1.82) is 0 Å². The molecule has 2 atom stereocenters. The van der Waals surface area contributed by atoms with Crippen LogP contribution in [0.15, 0.2) is 77.7 Å². The highest BCUT2D eigenvalue weighted by Crippen LogP contribution is 2.53. The average Bonchev–Trinajstić information content (AvgIpc) is 2.74. The van der Waals surface area contributed by atoms with Gasteiger partial charge in [0.2, 0.25) is 0 Å². The highest BCUT2D eigenvalue weighted by Gasteiger charge is 2.35. The fourth-order valence-corrected chi connectivity index (χ4v) is 5.89. The molecule has 5 rings (SSSR count). The molecule has 2 nitrogen and oxygen atoms in total. The summed E-state index contributed by atoms with van der Waals surface area (Å²) in [4.78, 5) is 3.69. The second-order valence-electron chi connectivity index (χ2n) is 7.37. The SMILES string of the molecule is Clc1cccc2c1S[C@@H](C1CN(Cc3ccccc3)CCO1)c1ccccc1-2. The number of benzene rings is 3. The fraction of sp³-hybridized carbons (Fsp3) is 0.250. The van der Waals surface area contributed by atoms with E-state index in [0.29, 0.717) is 0 Å². The van der Waals surface area contributed by atoms with Crippen molar-refractivity contribution in [2.24, 2.45) is 0 Å². The van der Waals surface area contributed by atoms with Crippen molar-refractivity contribution < 1.29 is 4.74 Å². The number of hydrogen-bond donors (Lipinski definition) is 0. The molecule has 0 spiro atoms. The molecular weight excluding hydrogens is 386 g/mol. The van der Waals surface area contributed by atoms with Crippen LogP contribution >= 0.6 is 23.4 Å². The Hall–Kier alpha value is -1.78. The summed E-state index contributed by atoms with van der Waals surface area (Å²) in [6.07, 6.45) is 0.146. The van der Waals surface area contributed by atoms with Gasteiger partial charge in [-0.25, -0.2) is 0 Å². The Morgan fingerprint density at radius 2 is 1.71 bits per heavy atom. The zero-order chi connectivity index (χ0) is 18.9. The van der Waals surface area contributed by atoms with Crippen molar-refractivity contribution in [3.8, 4) is 11.1 Å². The lowest BCUT2D eigenvalue weighted by molar-refractivity contribution is -0.0319. The Morgan fingerprint density at radius 3 is 2.61 bits per heavy atom. The van der Waals surface area contributed by atoms with Crippen molar-refractivity contribution in [2.45, 2.75) is 22.8 Å². The number of thioether (sulfide) groups is 1. The lowest BCUT2D eigenvalue weighted by atomic mass is 9.94. The quantitative estimate of drug-likeness (QED) is 0.524. The van der Waals surface area contributed by atoms with Crippen LogP contribution in [0.2, 0.25) is 5.02 Å². The first kappa shape index (κ1) is 18.3. The largest absolute Gasteiger partial charge is 0.374 e. The van der Waals surface area contributed by atoms with Gasteiger partial charge in [-0.1, -0.05) is 78.3 Å². The number of halogens is 1. The van der Waals surface area contributed by atoms with Crippen LogP contribution in [0.3, 0.4) is 0 Å². The summed E-state index contributed by atoms with van der Waals surface area (Å²) in [5.41, 5.74) is 5.23. The van der Waals surface area contributed by atoms with Crippen LogP contribution < -0.4 is 0 Å². The Labute approximate surface area is 175 Å². The second kappa shape index (κ2) is 7.92. The Balaban J connectivity index is 1.44. The van der Waals surface area contributed by atoms with Crippen molar-refractivity contribution in [3.63, 3.8) is 0 Å². The van der Waals surface area contributed by atoms with Gasteiger partial charge >= 0.3 is 0 Å². The number of ether oxygens (including phenoxy) is 1. The van der Waals surface area contributed by atoms with Gasteiger partial charge in [0.15, 0.2) is 0 Å². The molecule has 2 aliphatic heterocycles. The zero-order valence-corrected chi connectivity index (χ0v) is 17.1. The average molecular weight is 408 g/mol. The highest BCUT2D eigenvalue weighted by atomic mass is 35.5. The molecule has 1 fully saturated rings. The number of nitrogens with zero attached hydrogens (tertiary/aromatic N) is 1. The van der Waals surface area contributed by atoms with Crippen molar-refractivity contribution >= 4 is 23.4 Å². The molecule has 0 aromatic heterocycles. The van der Waals surface area contributed by atoms with Gasteiger partial charge in [0.1, 0.15) is 0 Å². The Bertz CT molecular complexity index is 977. The topological polar surface area (TPSA) is 12.5 Å². The molecule has 0 amide bonds. The Kier molecular flexibility index (Phi) is 5.17. The maximum Gasteiger partial charge on any atom is 0.0865 e. The van der Waals surface area contributed by atoms with Gasteiger partial charge in [-0.2, -0.15) is 0 Å². The normalized spacial score (nSPS) is 21.8. The third-order valence-electron chi connectivity index (χ3n) is 5.53. The lowest BCUT2D eigenvalue weighted by Crippen LogP contribution is -2.44. The van der Waals surface area contributed by atoms with Crippen LogP contribution in [0.1, 0.15) is 16.4 Å². The van der Waals surface area contributed by atoms with Gasteiger partial charge in [0.25, 0.3) is 0 Å². The molecule has 1 saturated heterocycles. The fourth-order valence-electron chi connectivity index (χ4n) is 4.20. The van der Waals surface area contributed by atoms with Crippen molar-refractivity contribution in [2.75, 3.05) is 19.7 Å². The summed E-state index contributed by atoms with van der Waals surface area (Å²) < 4.78 is 6.29. The summed E-state index contributed by atoms with van der Waals surface area (Å²) in [6, 6.07) is 25.6. The minimum atomic E-state index is 0.146. The third-order valence-corrected chi connectivity index (χ3v) is 7.45.